The van der Waals surface area contributed by atoms with E-state index < -0.39 is 5.97 Å². The van der Waals surface area contributed by atoms with Crippen LogP contribution in [0.25, 0.3) is 10.9 Å². The van der Waals surface area contributed by atoms with Gasteiger partial charge in [-0.25, -0.2) is 9.78 Å². The molecule has 0 N–H and O–H groups in total. The van der Waals surface area contributed by atoms with Crippen molar-refractivity contribution in [2.24, 2.45) is 5.10 Å². The van der Waals surface area contributed by atoms with Crippen LogP contribution in [0, 0.1) is 6.92 Å². The molecule has 0 radical (unpaired) electrons. The average molecular weight is 567 g/mol. The van der Waals surface area contributed by atoms with Crippen LogP contribution in [-0.2, 0) is 9.53 Å². The number of halogens is 2. The fourth-order valence-electron chi connectivity index (χ4n) is 2.92. The number of aryl methyl sites for hydroxylation is 1. The van der Waals surface area contributed by atoms with Crippen LogP contribution in [0.3, 0.4) is 0 Å². The predicted molar refractivity (Wildman–Crippen MR) is 129 cm³/mol. The van der Waals surface area contributed by atoms with Crippen LogP contribution in [0.5, 0.6) is 11.5 Å². The van der Waals surface area contributed by atoms with Crippen molar-refractivity contribution >= 4 is 54.9 Å². The summed E-state index contributed by atoms with van der Waals surface area (Å²) in [6.07, 6.45) is 1.53. The smallest absolute Gasteiger partial charge is 0.344 e. The van der Waals surface area contributed by atoms with Crippen LogP contribution in [0.15, 0.2) is 49.2 Å². The van der Waals surface area contributed by atoms with Crippen molar-refractivity contribution in [2.75, 3.05) is 19.8 Å². The third-order valence-electron chi connectivity index (χ3n) is 4.26. The maximum atomic E-state index is 12.9. The molecule has 3 rings (SSSR count). The van der Waals surface area contributed by atoms with E-state index in [-0.39, 0.29) is 18.8 Å². The van der Waals surface area contributed by atoms with Crippen LogP contribution < -0.4 is 15.0 Å². The number of carbonyl (C=O) groups excluding carboxylic acids is 1. The number of hydrogen-bond donors (Lipinski definition) is 0. The molecule has 0 aliphatic rings. The Morgan fingerprint density at radius 3 is 2.66 bits per heavy atom. The Morgan fingerprint density at radius 2 is 1.94 bits per heavy atom. The second-order valence-electron chi connectivity index (χ2n) is 6.54. The maximum Gasteiger partial charge on any atom is 0.344 e. The number of esters is 1. The Bertz CT molecular complexity index is 1240. The second-order valence-corrected chi connectivity index (χ2v) is 8.31. The monoisotopic (exact) mass is 565 g/mol. The standard InChI is InChI=1S/C22H21Br2N3O5/c1-4-30-19-9-14(8-17(24)21(19)32-12-20(28)31-5-2)11-25-27-13(3)26-18-7-6-15(23)10-16(18)22(27)29/h6-11H,4-5,12H2,1-3H3. The van der Waals surface area contributed by atoms with Crippen molar-refractivity contribution in [1.29, 1.82) is 0 Å². The number of hydrogen-bond acceptors (Lipinski definition) is 7. The summed E-state index contributed by atoms with van der Waals surface area (Å²) in [7, 11) is 0. The highest BCUT2D eigenvalue weighted by Gasteiger charge is 2.14. The van der Waals surface area contributed by atoms with Crippen LogP contribution in [-0.4, -0.2) is 41.7 Å². The summed E-state index contributed by atoms with van der Waals surface area (Å²) in [5.74, 6) is 0.789. The first-order valence-corrected chi connectivity index (χ1v) is 11.4. The van der Waals surface area contributed by atoms with Crippen LogP contribution in [0.1, 0.15) is 25.2 Å². The summed E-state index contributed by atoms with van der Waals surface area (Å²) >= 11 is 6.83. The number of fused-ring (bicyclic) bond motifs is 1. The zero-order valence-corrected chi connectivity index (χ0v) is 20.9. The van der Waals surface area contributed by atoms with E-state index in [1.165, 1.54) is 10.9 Å². The lowest BCUT2D eigenvalue weighted by Gasteiger charge is -2.14. The largest absolute Gasteiger partial charge is 0.490 e. The molecule has 0 saturated carbocycles. The lowest BCUT2D eigenvalue weighted by atomic mass is 10.2. The average Bonchev–Trinajstić information content (AvgIpc) is 2.74. The molecule has 1 aromatic heterocycles. The van der Waals surface area contributed by atoms with E-state index in [0.29, 0.717) is 44.9 Å². The topological polar surface area (TPSA) is 92.0 Å². The molecule has 0 bridgehead atoms. The Morgan fingerprint density at radius 1 is 1.16 bits per heavy atom. The molecule has 32 heavy (non-hydrogen) atoms. The predicted octanol–water partition coefficient (Wildman–Crippen LogP) is 4.45. The molecule has 0 aliphatic carbocycles. The molecule has 1 heterocycles. The Kier molecular flexibility index (Phi) is 8.03. The summed E-state index contributed by atoms with van der Waals surface area (Å²) < 4.78 is 18.7. The molecule has 0 fully saturated rings. The third-order valence-corrected chi connectivity index (χ3v) is 5.35. The van der Waals surface area contributed by atoms with Gasteiger partial charge in [-0.3, -0.25) is 4.79 Å². The minimum Gasteiger partial charge on any atom is -0.490 e. The molecule has 8 nitrogen and oxygen atoms in total. The van der Waals surface area contributed by atoms with E-state index >= 15 is 0 Å². The van der Waals surface area contributed by atoms with Crippen molar-refractivity contribution in [3.8, 4) is 11.5 Å². The first-order valence-electron chi connectivity index (χ1n) is 9.82. The molecule has 0 saturated heterocycles. The van der Waals surface area contributed by atoms with Gasteiger partial charge < -0.3 is 14.2 Å². The molecule has 3 aromatic rings. The highest BCUT2D eigenvalue weighted by Crippen LogP contribution is 2.36. The van der Waals surface area contributed by atoms with Gasteiger partial charge in [-0.15, -0.1) is 0 Å². The van der Waals surface area contributed by atoms with Crippen molar-refractivity contribution in [1.82, 2.24) is 9.66 Å². The zero-order valence-electron chi connectivity index (χ0n) is 17.7. The SMILES string of the molecule is CCOC(=O)COc1c(Br)cc(C=Nn2c(C)nc3ccc(Br)cc3c2=O)cc1OCC. The maximum absolute atomic E-state index is 12.9. The Balaban J connectivity index is 1.95. The van der Waals surface area contributed by atoms with Gasteiger partial charge in [0.25, 0.3) is 5.56 Å². The van der Waals surface area contributed by atoms with Gasteiger partial charge in [-0.2, -0.15) is 9.78 Å². The van der Waals surface area contributed by atoms with Crippen molar-refractivity contribution in [2.45, 2.75) is 20.8 Å². The third kappa shape index (κ3) is 5.55. The fraction of sp³-hybridized carbons (Fsp3) is 0.273. The van der Waals surface area contributed by atoms with Crippen molar-refractivity contribution in [3.63, 3.8) is 0 Å². The summed E-state index contributed by atoms with van der Waals surface area (Å²) in [5, 5.41) is 4.80. The molecular weight excluding hydrogens is 546 g/mol. The lowest BCUT2D eigenvalue weighted by molar-refractivity contribution is -0.145. The van der Waals surface area contributed by atoms with E-state index in [1.807, 2.05) is 13.0 Å². The minimum atomic E-state index is -0.474. The van der Waals surface area contributed by atoms with Gasteiger partial charge >= 0.3 is 5.97 Å². The molecule has 168 valence electrons. The van der Waals surface area contributed by atoms with Gasteiger partial charge in [0.1, 0.15) is 5.82 Å². The van der Waals surface area contributed by atoms with Crippen LogP contribution in [0.4, 0.5) is 0 Å². The van der Waals surface area contributed by atoms with E-state index in [4.69, 9.17) is 14.2 Å². The molecule has 0 amide bonds. The summed E-state index contributed by atoms with van der Waals surface area (Å²) in [6, 6.07) is 8.79. The number of ether oxygens (including phenoxy) is 3. The fourth-order valence-corrected chi connectivity index (χ4v) is 3.85. The van der Waals surface area contributed by atoms with Crippen LogP contribution >= 0.6 is 31.9 Å². The van der Waals surface area contributed by atoms with Gasteiger partial charge in [0.2, 0.25) is 0 Å². The number of benzene rings is 2. The van der Waals surface area contributed by atoms with E-state index in [9.17, 15) is 9.59 Å². The summed E-state index contributed by atoms with van der Waals surface area (Å²) in [4.78, 5) is 29.0. The zero-order chi connectivity index (χ0) is 23.3. The normalized spacial score (nSPS) is 11.2. The van der Waals surface area contributed by atoms with Gasteiger partial charge in [-0.05, 0) is 72.6 Å². The highest BCUT2D eigenvalue weighted by molar-refractivity contribution is 9.10. The summed E-state index contributed by atoms with van der Waals surface area (Å²) in [5.41, 5.74) is 0.986. The molecule has 0 spiro atoms. The van der Waals surface area contributed by atoms with Crippen LogP contribution in [0.2, 0.25) is 0 Å². The quantitative estimate of drug-likeness (QED) is 0.295. The Hall–Kier alpha value is -2.72. The molecule has 2 aromatic carbocycles. The Labute approximate surface area is 201 Å². The minimum absolute atomic E-state index is 0.243. The van der Waals surface area contributed by atoms with Gasteiger partial charge in [-0.1, -0.05) is 15.9 Å². The number of nitrogens with zero attached hydrogens (tertiary/aromatic N) is 3. The van der Waals surface area contributed by atoms with E-state index in [2.05, 4.69) is 41.9 Å². The highest BCUT2D eigenvalue weighted by atomic mass is 79.9. The number of carbonyl (C=O) groups is 1. The first-order chi connectivity index (χ1) is 15.3. The second kappa shape index (κ2) is 10.7. The van der Waals surface area contributed by atoms with Gasteiger partial charge in [0.05, 0.1) is 34.8 Å². The molecular formula is C22H21Br2N3O5. The van der Waals surface area contributed by atoms with Gasteiger partial charge in [0.15, 0.2) is 18.1 Å². The summed E-state index contributed by atoms with van der Waals surface area (Å²) in [6.45, 7) is 5.71. The van der Waals surface area contributed by atoms with E-state index in [0.717, 1.165) is 4.47 Å². The van der Waals surface area contributed by atoms with Crippen molar-refractivity contribution < 1.29 is 19.0 Å². The number of rotatable bonds is 8. The molecule has 0 unspecified atom stereocenters. The molecule has 10 heteroatoms. The van der Waals surface area contributed by atoms with Gasteiger partial charge in [0, 0.05) is 4.47 Å². The molecule has 0 atom stereocenters. The van der Waals surface area contributed by atoms with Crippen molar-refractivity contribution in [3.05, 3.63) is 61.0 Å². The first kappa shape index (κ1) is 23.9. The van der Waals surface area contributed by atoms with E-state index in [1.54, 1.807) is 38.1 Å². The molecule has 0 aliphatic heterocycles. The number of aromatic nitrogens is 2. The lowest BCUT2D eigenvalue weighted by Crippen LogP contribution is -2.20.